The van der Waals surface area contributed by atoms with Gasteiger partial charge in [0.25, 0.3) is 0 Å². The highest BCUT2D eigenvalue weighted by Crippen LogP contribution is 2.29. The molecule has 8 heteroatoms. The molecule has 0 aliphatic heterocycles. The van der Waals surface area contributed by atoms with Crippen molar-refractivity contribution < 1.29 is 18.3 Å². The molecule has 160 valence electrons. The number of benzene rings is 1. The normalized spacial score (nSPS) is 12.2. The molecule has 0 fully saturated rings. The molecule has 0 amide bonds. The lowest BCUT2D eigenvalue weighted by Gasteiger charge is -2.30. The molecule has 1 aromatic carbocycles. The molecule has 0 bridgehead atoms. The van der Waals surface area contributed by atoms with Crippen molar-refractivity contribution in [2.75, 3.05) is 33.8 Å². The zero-order valence-corrected chi connectivity index (χ0v) is 17.8. The molecule has 0 unspecified atom stereocenters. The lowest BCUT2D eigenvalue weighted by molar-refractivity contribution is -0.0512. The predicted molar refractivity (Wildman–Crippen MR) is 110 cm³/mol. The van der Waals surface area contributed by atoms with Crippen LogP contribution in [-0.4, -0.2) is 63.3 Å². The van der Waals surface area contributed by atoms with E-state index in [0.29, 0.717) is 31.0 Å². The first-order chi connectivity index (χ1) is 13.3. The first-order valence-corrected chi connectivity index (χ1v) is 9.60. The van der Waals surface area contributed by atoms with Crippen LogP contribution in [0.4, 0.5) is 8.78 Å². The van der Waals surface area contributed by atoms with Gasteiger partial charge in [0.15, 0.2) is 17.5 Å². The van der Waals surface area contributed by atoms with Gasteiger partial charge >= 0.3 is 6.61 Å². The number of nitrogens with zero attached hydrogens (tertiary/aromatic N) is 2. The Morgan fingerprint density at radius 2 is 1.71 bits per heavy atom. The van der Waals surface area contributed by atoms with E-state index < -0.39 is 6.61 Å². The number of halogens is 2. The number of alkyl halides is 2. The Balaban J connectivity index is 2.50. The van der Waals surface area contributed by atoms with E-state index in [2.05, 4.69) is 53.0 Å². The summed E-state index contributed by atoms with van der Waals surface area (Å²) < 4.78 is 34.6. The first kappa shape index (κ1) is 23.9. The zero-order chi connectivity index (χ0) is 21.1. The SMILES string of the molecule is CN=C(NCCc1ccc(OC)c(OC(F)F)c1)NCCN(C(C)C)C(C)C. The standard InChI is InChI=1S/C20H34F2N4O2/c1-14(2)26(15(3)4)12-11-25-20(23-5)24-10-9-16-7-8-17(27-6)18(13-16)28-19(21)22/h7-8,13-15,19H,9-12H2,1-6H3,(H2,23,24,25). The Labute approximate surface area is 167 Å². The highest BCUT2D eigenvalue weighted by Gasteiger charge is 2.13. The summed E-state index contributed by atoms with van der Waals surface area (Å²) in [6.45, 7) is 8.18. The molecule has 6 nitrogen and oxygen atoms in total. The lowest BCUT2D eigenvalue weighted by atomic mass is 10.1. The fraction of sp³-hybridized carbons (Fsp3) is 0.650. The van der Waals surface area contributed by atoms with Gasteiger partial charge in [0.1, 0.15) is 0 Å². The highest BCUT2D eigenvalue weighted by atomic mass is 19.3. The quantitative estimate of drug-likeness (QED) is 0.442. The van der Waals surface area contributed by atoms with Crippen molar-refractivity contribution >= 4 is 5.96 Å². The van der Waals surface area contributed by atoms with Gasteiger partial charge in [-0.1, -0.05) is 6.07 Å². The minimum Gasteiger partial charge on any atom is -0.493 e. The maximum atomic E-state index is 12.5. The minimum absolute atomic E-state index is 0.0416. The maximum Gasteiger partial charge on any atom is 0.387 e. The van der Waals surface area contributed by atoms with Crippen LogP contribution in [-0.2, 0) is 6.42 Å². The van der Waals surface area contributed by atoms with Crippen molar-refractivity contribution in [3.8, 4) is 11.5 Å². The molecule has 0 heterocycles. The van der Waals surface area contributed by atoms with Crippen LogP contribution in [0.1, 0.15) is 33.3 Å². The van der Waals surface area contributed by atoms with E-state index >= 15 is 0 Å². The van der Waals surface area contributed by atoms with Crippen LogP contribution in [0.15, 0.2) is 23.2 Å². The Bertz CT molecular complexity index is 602. The van der Waals surface area contributed by atoms with E-state index in [9.17, 15) is 8.78 Å². The summed E-state index contributed by atoms with van der Waals surface area (Å²) in [6, 6.07) is 6.00. The van der Waals surface area contributed by atoms with Crippen molar-refractivity contribution in [2.45, 2.75) is 52.8 Å². The average molecular weight is 401 g/mol. The second-order valence-corrected chi connectivity index (χ2v) is 6.96. The van der Waals surface area contributed by atoms with E-state index in [1.807, 2.05) is 6.07 Å². The highest BCUT2D eigenvalue weighted by molar-refractivity contribution is 5.79. The van der Waals surface area contributed by atoms with Crippen molar-refractivity contribution in [1.82, 2.24) is 15.5 Å². The average Bonchev–Trinajstić information content (AvgIpc) is 2.62. The number of ether oxygens (including phenoxy) is 2. The summed E-state index contributed by atoms with van der Waals surface area (Å²) in [6.07, 6.45) is 0.633. The van der Waals surface area contributed by atoms with E-state index in [1.165, 1.54) is 7.11 Å². The van der Waals surface area contributed by atoms with Crippen molar-refractivity contribution in [1.29, 1.82) is 0 Å². The Kier molecular flexibility index (Phi) is 10.6. The lowest BCUT2D eigenvalue weighted by Crippen LogP contribution is -2.45. The summed E-state index contributed by atoms with van der Waals surface area (Å²) in [7, 11) is 3.14. The van der Waals surface area contributed by atoms with Gasteiger partial charge in [-0.2, -0.15) is 8.78 Å². The zero-order valence-electron chi connectivity index (χ0n) is 17.8. The van der Waals surface area contributed by atoms with Gasteiger partial charge in [0.05, 0.1) is 7.11 Å². The van der Waals surface area contributed by atoms with Crippen LogP contribution in [0.2, 0.25) is 0 Å². The Hall–Kier alpha value is -2.09. The summed E-state index contributed by atoms with van der Waals surface area (Å²) in [5, 5.41) is 6.54. The molecule has 2 N–H and O–H groups in total. The molecular formula is C20H34F2N4O2. The second-order valence-electron chi connectivity index (χ2n) is 6.96. The van der Waals surface area contributed by atoms with Gasteiger partial charge in [0.2, 0.25) is 0 Å². The van der Waals surface area contributed by atoms with Gasteiger partial charge in [-0.15, -0.1) is 0 Å². The fourth-order valence-electron chi connectivity index (χ4n) is 3.03. The van der Waals surface area contributed by atoms with Gasteiger partial charge in [-0.05, 0) is 51.8 Å². The summed E-state index contributed by atoms with van der Waals surface area (Å²) in [5.41, 5.74) is 0.866. The van der Waals surface area contributed by atoms with Crippen molar-refractivity contribution in [3.05, 3.63) is 23.8 Å². The number of guanidine groups is 1. The molecule has 0 radical (unpaired) electrons. The van der Waals surface area contributed by atoms with Crippen LogP contribution in [0, 0.1) is 0 Å². The third kappa shape index (κ3) is 8.29. The number of aliphatic imine (C=N–C) groups is 1. The molecule has 1 rings (SSSR count). The molecule has 0 aliphatic rings. The maximum absolute atomic E-state index is 12.5. The molecule has 0 spiro atoms. The number of nitrogens with one attached hydrogen (secondary N) is 2. The third-order valence-electron chi connectivity index (χ3n) is 4.36. The third-order valence-corrected chi connectivity index (χ3v) is 4.36. The van der Waals surface area contributed by atoms with Gasteiger partial charge < -0.3 is 20.1 Å². The molecule has 0 atom stereocenters. The Morgan fingerprint density at radius 1 is 1.07 bits per heavy atom. The van der Waals surface area contributed by atoms with Crippen LogP contribution < -0.4 is 20.1 Å². The first-order valence-electron chi connectivity index (χ1n) is 9.60. The number of rotatable bonds is 11. The number of methoxy groups -OCH3 is 1. The molecular weight excluding hydrogens is 366 g/mol. The van der Waals surface area contributed by atoms with Crippen molar-refractivity contribution in [2.24, 2.45) is 4.99 Å². The Morgan fingerprint density at radius 3 is 2.25 bits per heavy atom. The topological polar surface area (TPSA) is 58.1 Å². The molecule has 0 aliphatic carbocycles. The largest absolute Gasteiger partial charge is 0.493 e. The number of hydrogen-bond acceptors (Lipinski definition) is 4. The monoisotopic (exact) mass is 400 g/mol. The van der Waals surface area contributed by atoms with Crippen molar-refractivity contribution in [3.63, 3.8) is 0 Å². The summed E-state index contributed by atoms with van der Waals surface area (Å²) in [5.74, 6) is 1.04. The summed E-state index contributed by atoms with van der Waals surface area (Å²) >= 11 is 0. The van der Waals surface area contributed by atoms with Gasteiger partial charge in [0, 0.05) is 38.8 Å². The molecule has 0 aromatic heterocycles. The van der Waals surface area contributed by atoms with E-state index in [-0.39, 0.29) is 11.5 Å². The van der Waals surface area contributed by atoms with Gasteiger partial charge in [-0.25, -0.2) is 0 Å². The molecule has 0 saturated heterocycles. The van der Waals surface area contributed by atoms with Crippen LogP contribution in [0.5, 0.6) is 11.5 Å². The van der Waals surface area contributed by atoms with E-state index in [1.54, 1.807) is 19.2 Å². The smallest absolute Gasteiger partial charge is 0.387 e. The molecule has 28 heavy (non-hydrogen) atoms. The molecule has 1 aromatic rings. The van der Waals surface area contributed by atoms with Gasteiger partial charge in [-0.3, -0.25) is 9.89 Å². The number of hydrogen-bond donors (Lipinski definition) is 2. The second kappa shape index (κ2) is 12.4. The van der Waals surface area contributed by atoms with Crippen LogP contribution >= 0.6 is 0 Å². The summed E-state index contributed by atoms with van der Waals surface area (Å²) in [4.78, 5) is 6.63. The van der Waals surface area contributed by atoms with Crippen LogP contribution in [0.3, 0.4) is 0 Å². The predicted octanol–water partition coefficient (Wildman–Crippen LogP) is 3.12. The van der Waals surface area contributed by atoms with E-state index in [4.69, 9.17) is 4.74 Å². The van der Waals surface area contributed by atoms with Crippen LogP contribution in [0.25, 0.3) is 0 Å². The van der Waals surface area contributed by atoms with E-state index in [0.717, 1.165) is 18.7 Å². The minimum atomic E-state index is -2.89. The molecule has 0 saturated carbocycles. The fourth-order valence-corrected chi connectivity index (χ4v) is 3.03.